The molecule has 0 bridgehead atoms. The van der Waals surface area contributed by atoms with E-state index in [0.717, 1.165) is 12.1 Å². The van der Waals surface area contributed by atoms with Crippen LogP contribution in [0.15, 0.2) is 18.2 Å². The molecule has 2 rings (SSSR count). The molecule has 0 saturated carbocycles. The molecule has 1 aromatic carbocycles. The van der Waals surface area contributed by atoms with Crippen molar-refractivity contribution in [3.8, 4) is 0 Å². The van der Waals surface area contributed by atoms with E-state index in [1.165, 1.54) is 0 Å². The third-order valence-corrected chi connectivity index (χ3v) is 3.98. The van der Waals surface area contributed by atoms with Gasteiger partial charge >= 0.3 is 24.5 Å². The second-order valence-electron chi connectivity index (χ2n) is 6.37. The second-order valence-corrected chi connectivity index (χ2v) is 6.37. The van der Waals surface area contributed by atoms with Gasteiger partial charge in [-0.15, -0.1) is 0 Å². The first-order valence-corrected chi connectivity index (χ1v) is 7.97. The molecule has 4 nitrogen and oxygen atoms in total. The summed E-state index contributed by atoms with van der Waals surface area (Å²) >= 11 is 0. The fraction of sp³-hybridized carbons (Fsp3) is 0.562. The average molecular weight is 440 g/mol. The van der Waals surface area contributed by atoms with Crippen LogP contribution < -0.4 is 4.90 Å². The summed E-state index contributed by atoms with van der Waals surface area (Å²) in [4.78, 5) is 12.5. The Hall–Kier alpha value is -2.18. The van der Waals surface area contributed by atoms with Crippen LogP contribution in [0.5, 0.6) is 0 Å². The summed E-state index contributed by atoms with van der Waals surface area (Å²) < 4.78 is 109. The van der Waals surface area contributed by atoms with Gasteiger partial charge in [0.1, 0.15) is 0 Å². The zero-order chi connectivity index (χ0) is 22.8. The quantitative estimate of drug-likeness (QED) is 0.654. The Balaban J connectivity index is 0.000000516. The number of nitrogens with zero attached hydrogens (tertiary/aromatic N) is 2. The van der Waals surface area contributed by atoms with Crippen molar-refractivity contribution >= 4 is 11.7 Å². The number of piperazine rings is 1. The van der Waals surface area contributed by atoms with E-state index in [4.69, 9.17) is 9.90 Å². The predicted octanol–water partition coefficient (Wildman–Crippen LogP) is 4.50. The summed E-state index contributed by atoms with van der Waals surface area (Å²) in [5, 5.41) is 7.12. The summed E-state index contributed by atoms with van der Waals surface area (Å²) in [6, 6.07) is 1.57. The van der Waals surface area contributed by atoms with Gasteiger partial charge in [0, 0.05) is 31.4 Å². The first kappa shape index (κ1) is 24.9. The van der Waals surface area contributed by atoms with Crippen molar-refractivity contribution in [2.24, 2.45) is 0 Å². The third kappa shape index (κ3) is 7.29. The molecule has 29 heavy (non-hydrogen) atoms. The van der Waals surface area contributed by atoms with Gasteiger partial charge in [-0.25, -0.2) is 4.79 Å². The Labute approximate surface area is 159 Å². The number of likely N-dealkylation sites (N-methyl/N-ethyl adjacent to an activating group) is 1. The molecule has 1 N–H and O–H groups in total. The number of hydrogen-bond donors (Lipinski definition) is 1. The topological polar surface area (TPSA) is 43.8 Å². The summed E-state index contributed by atoms with van der Waals surface area (Å²) in [6.45, 7) is 3.33. The number of anilines is 1. The highest BCUT2D eigenvalue weighted by Gasteiger charge is 2.39. The van der Waals surface area contributed by atoms with Gasteiger partial charge < -0.3 is 14.9 Å². The molecule has 1 heterocycles. The van der Waals surface area contributed by atoms with E-state index in [0.29, 0.717) is 19.6 Å². The lowest BCUT2D eigenvalue weighted by Crippen LogP contribution is -2.50. The standard InChI is InChI=1S/C14H16F6N2.C2HF3O2/c1-9-8-21(2)3-4-22(9)12-6-10(13(15,16)17)5-11(7-12)14(18,19)20;3-2(4,5)1(6)7/h5-7,9H,3-4,8H2,1-2H3;(H,6,7)/t9-;/m1./s1. The Morgan fingerprint density at radius 2 is 1.34 bits per heavy atom. The molecule has 13 heteroatoms. The summed E-state index contributed by atoms with van der Waals surface area (Å²) in [5.41, 5.74) is -2.59. The van der Waals surface area contributed by atoms with E-state index in [-0.39, 0.29) is 17.8 Å². The highest BCUT2D eigenvalue weighted by molar-refractivity contribution is 5.73. The van der Waals surface area contributed by atoms with Crippen LogP contribution in [0.2, 0.25) is 0 Å². The largest absolute Gasteiger partial charge is 0.490 e. The normalized spacial score (nSPS) is 18.9. The van der Waals surface area contributed by atoms with Crippen LogP contribution in [0.3, 0.4) is 0 Å². The molecule has 1 saturated heterocycles. The molecule has 166 valence electrons. The molecule has 0 aromatic heterocycles. The van der Waals surface area contributed by atoms with Crippen LogP contribution in [0.4, 0.5) is 45.2 Å². The van der Waals surface area contributed by atoms with Gasteiger partial charge in [-0.05, 0) is 32.2 Å². The van der Waals surface area contributed by atoms with Crippen LogP contribution in [0.1, 0.15) is 18.1 Å². The van der Waals surface area contributed by atoms with E-state index in [1.807, 2.05) is 11.9 Å². The van der Waals surface area contributed by atoms with Crippen molar-refractivity contribution in [1.29, 1.82) is 0 Å². The Morgan fingerprint density at radius 1 is 0.931 bits per heavy atom. The number of rotatable bonds is 1. The van der Waals surface area contributed by atoms with Gasteiger partial charge in [0.25, 0.3) is 0 Å². The zero-order valence-corrected chi connectivity index (χ0v) is 15.1. The lowest BCUT2D eigenvalue weighted by Gasteiger charge is -2.40. The fourth-order valence-electron chi connectivity index (χ4n) is 2.63. The maximum absolute atomic E-state index is 12.9. The number of halogens is 9. The molecule has 0 radical (unpaired) electrons. The minimum atomic E-state index is -5.08. The number of aliphatic carboxylic acids is 1. The molecule has 0 unspecified atom stereocenters. The van der Waals surface area contributed by atoms with Crippen molar-refractivity contribution in [2.75, 3.05) is 31.6 Å². The van der Waals surface area contributed by atoms with Crippen LogP contribution in [0, 0.1) is 0 Å². The molecule has 0 spiro atoms. The maximum Gasteiger partial charge on any atom is 0.490 e. The van der Waals surface area contributed by atoms with Gasteiger partial charge in [0.05, 0.1) is 11.1 Å². The Morgan fingerprint density at radius 3 is 1.66 bits per heavy atom. The van der Waals surface area contributed by atoms with Crippen LogP contribution in [0.25, 0.3) is 0 Å². The smallest absolute Gasteiger partial charge is 0.475 e. The summed E-state index contributed by atoms with van der Waals surface area (Å²) in [7, 11) is 1.86. The monoisotopic (exact) mass is 440 g/mol. The van der Waals surface area contributed by atoms with E-state index >= 15 is 0 Å². The van der Waals surface area contributed by atoms with Crippen LogP contribution in [-0.2, 0) is 17.1 Å². The first-order valence-electron chi connectivity index (χ1n) is 7.97. The number of carboxylic acids is 1. The van der Waals surface area contributed by atoms with Crippen molar-refractivity contribution in [1.82, 2.24) is 4.90 Å². The molecule has 0 aliphatic carbocycles. The molecule has 1 fully saturated rings. The molecule has 1 aromatic rings. The summed E-state index contributed by atoms with van der Waals surface area (Å²) in [5.74, 6) is -2.76. The highest BCUT2D eigenvalue weighted by atomic mass is 19.4. The highest BCUT2D eigenvalue weighted by Crippen LogP contribution is 2.39. The number of carboxylic acid groups (broad SMARTS) is 1. The van der Waals surface area contributed by atoms with Gasteiger partial charge in [0.15, 0.2) is 0 Å². The predicted molar refractivity (Wildman–Crippen MR) is 84.4 cm³/mol. The Kier molecular flexibility index (Phi) is 7.44. The average Bonchev–Trinajstić information content (AvgIpc) is 2.52. The van der Waals surface area contributed by atoms with Crippen molar-refractivity contribution in [3.63, 3.8) is 0 Å². The number of hydrogen-bond acceptors (Lipinski definition) is 3. The fourth-order valence-corrected chi connectivity index (χ4v) is 2.63. The number of benzene rings is 1. The molecular formula is C16H17F9N2O2. The van der Waals surface area contributed by atoms with Gasteiger partial charge in [0.2, 0.25) is 0 Å². The minimum Gasteiger partial charge on any atom is -0.475 e. The SMILES string of the molecule is C[C@@H]1CN(C)CCN1c1cc(C(F)(F)F)cc(C(F)(F)F)c1.O=C(O)C(F)(F)F. The minimum absolute atomic E-state index is 0.0391. The van der Waals surface area contributed by atoms with Crippen molar-refractivity contribution < 1.29 is 49.4 Å². The number of alkyl halides is 9. The molecule has 1 atom stereocenters. The van der Waals surface area contributed by atoms with Crippen molar-refractivity contribution in [2.45, 2.75) is 31.5 Å². The molecule has 1 aliphatic heterocycles. The van der Waals surface area contributed by atoms with Gasteiger partial charge in [-0.3, -0.25) is 0 Å². The third-order valence-electron chi connectivity index (χ3n) is 3.98. The van der Waals surface area contributed by atoms with E-state index in [9.17, 15) is 39.5 Å². The lowest BCUT2D eigenvalue weighted by molar-refractivity contribution is -0.192. The second kappa shape index (κ2) is 8.67. The van der Waals surface area contributed by atoms with E-state index < -0.39 is 35.6 Å². The molecular weight excluding hydrogens is 423 g/mol. The Bertz CT molecular complexity index is 682. The van der Waals surface area contributed by atoms with E-state index in [1.54, 1.807) is 11.8 Å². The van der Waals surface area contributed by atoms with Gasteiger partial charge in [-0.1, -0.05) is 0 Å². The molecule has 0 amide bonds. The first-order chi connectivity index (χ1) is 12.9. The molecule has 1 aliphatic rings. The van der Waals surface area contributed by atoms with E-state index in [2.05, 4.69) is 0 Å². The van der Waals surface area contributed by atoms with Crippen molar-refractivity contribution in [3.05, 3.63) is 29.3 Å². The van der Waals surface area contributed by atoms with Gasteiger partial charge in [-0.2, -0.15) is 39.5 Å². The van der Waals surface area contributed by atoms with Crippen LogP contribution in [-0.4, -0.2) is 54.9 Å². The zero-order valence-electron chi connectivity index (χ0n) is 15.1. The number of carbonyl (C=O) groups is 1. The maximum atomic E-state index is 12.9. The summed E-state index contributed by atoms with van der Waals surface area (Å²) in [6.07, 6.45) is -14.7. The lowest BCUT2D eigenvalue weighted by atomic mass is 10.1. The van der Waals surface area contributed by atoms with Crippen LogP contribution >= 0.6 is 0 Å².